The van der Waals surface area contributed by atoms with Crippen LogP contribution in [0.1, 0.15) is 64.7 Å². The van der Waals surface area contributed by atoms with Crippen LogP contribution < -0.4 is 0 Å². The van der Waals surface area contributed by atoms with Gasteiger partial charge in [0, 0.05) is 12.0 Å². The summed E-state index contributed by atoms with van der Waals surface area (Å²) >= 11 is 0. The van der Waals surface area contributed by atoms with Crippen LogP contribution in [0.15, 0.2) is 23.8 Å². The summed E-state index contributed by atoms with van der Waals surface area (Å²) in [4.78, 5) is 0. The Labute approximate surface area is 129 Å². The molecule has 1 unspecified atom stereocenters. The summed E-state index contributed by atoms with van der Waals surface area (Å²) in [6.07, 6.45) is 19.4. The molecule has 0 spiro atoms. The van der Waals surface area contributed by atoms with E-state index >= 15 is 0 Å². The zero-order valence-corrected chi connectivity index (χ0v) is 13.5. The minimum absolute atomic E-state index is 0.230. The first-order valence-corrected chi connectivity index (χ1v) is 9.20. The molecular weight excluding hydrogens is 256 g/mol. The number of fused-ring (bicyclic) bond motifs is 5. The van der Waals surface area contributed by atoms with Gasteiger partial charge in [-0.1, -0.05) is 43.6 Å². The van der Waals surface area contributed by atoms with Crippen molar-refractivity contribution in [2.45, 2.75) is 64.7 Å². The molecule has 116 valence electrons. The summed E-state index contributed by atoms with van der Waals surface area (Å²) in [6, 6.07) is 0. The van der Waals surface area contributed by atoms with Crippen molar-refractivity contribution < 1.29 is 5.11 Å². The molecule has 0 aromatic rings. The summed E-state index contributed by atoms with van der Waals surface area (Å²) in [5, 5.41) is 9.53. The first kappa shape index (κ1) is 14.1. The number of rotatable bonds is 2. The number of hydrogen-bond acceptors (Lipinski definition) is 1. The van der Waals surface area contributed by atoms with Gasteiger partial charge in [-0.15, -0.1) is 0 Å². The molecule has 0 aromatic carbocycles. The van der Waals surface area contributed by atoms with Gasteiger partial charge >= 0.3 is 0 Å². The van der Waals surface area contributed by atoms with Crippen LogP contribution in [0.2, 0.25) is 0 Å². The molecule has 0 saturated heterocycles. The summed E-state index contributed by atoms with van der Waals surface area (Å²) in [5.74, 6) is 2.71. The lowest BCUT2D eigenvalue weighted by molar-refractivity contribution is -0.0501. The van der Waals surface area contributed by atoms with Crippen molar-refractivity contribution in [3.8, 4) is 0 Å². The molecule has 1 heteroatoms. The van der Waals surface area contributed by atoms with Crippen LogP contribution in [0.25, 0.3) is 0 Å². The number of allylic oxidation sites excluding steroid dienone is 4. The van der Waals surface area contributed by atoms with Gasteiger partial charge in [0.15, 0.2) is 0 Å². The number of aliphatic hydroxyl groups is 1. The zero-order chi connectivity index (χ0) is 14.5. The van der Waals surface area contributed by atoms with Crippen LogP contribution in [0.3, 0.4) is 0 Å². The topological polar surface area (TPSA) is 20.2 Å². The minimum Gasteiger partial charge on any atom is -0.396 e. The average molecular weight is 286 g/mol. The van der Waals surface area contributed by atoms with Crippen LogP contribution >= 0.6 is 0 Å². The van der Waals surface area contributed by atoms with E-state index in [2.05, 4.69) is 25.2 Å². The van der Waals surface area contributed by atoms with Gasteiger partial charge in [0.25, 0.3) is 0 Å². The Balaban J connectivity index is 1.65. The van der Waals surface area contributed by atoms with E-state index in [0.29, 0.717) is 12.0 Å². The second-order valence-electron chi connectivity index (χ2n) is 8.39. The Kier molecular flexibility index (Phi) is 3.33. The van der Waals surface area contributed by atoms with E-state index in [1.807, 2.05) is 0 Å². The molecule has 3 fully saturated rings. The largest absolute Gasteiger partial charge is 0.396 e. The Morgan fingerprint density at radius 1 is 1.14 bits per heavy atom. The van der Waals surface area contributed by atoms with Crippen LogP contribution in [-0.4, -0.2) is 11.7 Å². The van der Waals surface area contributed by atoms with Crippen LogP contribution in [0, 0.1) is 28.6 Å². The van der Waals surface area contributed by atoms with Crippen molar-refractivity contribution in [2.24, 2.45) is 28.6 Å². The van der Waals surface area contributed by atoms with E-state index in [9.17, 15) is 5.11 Å². The average Bonchev–Trinajstić information content (AvgIpc) is 2.91. The van der Waals surface area contributed by atoms with Gasteiger partial charge in [-0.3, -0.25) is 0 Å². The fourth-order valence-corrected chi connectivity index (χ4v) is 6.62. The highest BCUT2D eigenvalue weighted by atomic mass is 16.3. The maximum Gasteiger partial charge on any atom is 0.0442 e. The Morgan fingerprint density at radius 3 is 2.90 bits per heavy atom. The van der Waals surface area contributed by atoms with Crippen LogP contribution in [0.4, 0.5) is 0 Å². The smallest absolute Gasteiger partial charge is 0.0442 e. The predicted octanol–water partition coefficient (Wildman–Crippen LogP) is 4.87. The lowest BCUT2D eigenvalue weighted by Gasteiger charge is -2.58. The third kappa shape index (κ3) is 1.92. The van der Waals surface area contributed by atoms with Gasteiger partial charge in [-0.05, 0) is 68.1 Å². The fraction of sp³-hybridized carbons (Fsp3) is 0.800. The van der Waals surface area contributed by atoms with E-state index in [4.69, 9.17) is 0 Å². The van der Waals surface area contributed by atoms with E-state index < -0.39 is 0 Å². The third-order valence-electron chi connectivity index (χ3n) is 7.73. The lowest BCUT2D eigenvalue weighted by atomic mass is 9.46. The molecule has 0 heterocycles. The summed E-state index contributed by atoms with van der Waals surface area (Å²) in [7, 11) is 0. The number of hydrogen-bond donors (Lipinski definition) is 1. The fourth-order valence-electron chi connectivity index (χ4n) is 6.62. The minimum atomic E-state index is 0.230. The molecule has 4 aliphatic rings. The molecule has 0 amide bonds. The van der Waals surface area contributed by atoms with Gasteiger partial charge in [0.1, 0.15) is 0 Å². The van der Waals surface area contributed by atoms with Crippen molar-refractivity contribution in [3.63, 3.8) is 0 Å². The maximum absolute atomic E-state index is 9.53. The molecule has 4 rings (SSSR count). The maximum atomic E-state index is 9.53. The summed E-state index contributed by atoms with van der Waals surface area (Å²) in [6.45, 7) is 2.95. The van der Waals surface area contributed by atoms with Gasteiger partial charge in [-0.2, -0.15) is 0 Å². The van der Waals surface area contributed by atoms with Crippen molar-refractivity contribution in [1.29, 1.82) is 0 Å². The van der Waals surface area contributed by atoms with Crippen LogP contribution in [-0.2, 0) is 0 Å². The molecule has 1 N–H and O–H groups in total. The second-order valence-corrected chi connectivity index (χ2v) is 8.39. The van der Waals surface area contributed by atoms with Crippen molar-refractivity contribution >= 4 is 0 Å². The molecule has 0 bridgehead atoms. The number of aliphatic hydroxyl groups excluding tert-OH is 1. The molecule has 0 aromatic heterocycles. The first-order valence-electron chi connectivity index (χ1n) is 9.20. The van der Waals surface area contributed by atoms with Gasteiger partial charge < -0.3 is 5.11 Å². The summed E-state index contributed by atoms with van der Waals surface area (Å²) in [5.41, 5.74) is 2.53. The molecular formula is C20H30O. The molecule has 0 radical (unpaired) electrons. The van der Waals surface area contributed by atoms with E-state index in [1.165, 1.54) is 51.4 Å². The highest BCUT2D eigenvalue weighted by molar-refractivity contribution is 5.38. The van der Waals surface area contributed by atoms with Gasteiger partial charge in [0.05, 0.1) is 0 Å². The quantitative estimate of drug-likeness (QED) is 0.768. The zero-order valence-electron chi connectivity index (χ0n) is 13.5. The Morgan fingerprint density at radius 2 is 2.05 bits per heavy atom. The monoisotopic (exact) mass is 286 g/mol. The van der Waals surface area contributed by atoms with Crippen molar-refractivity contribution in [1.82, 2.24) is 0 Å². The van der Waals surface area contributed by atoms with Crippen LogP contribution in [0.5, 0.6) is 0 Å². The van der Waals surface area contributed by atoms with Gasteiger partial charge in [-0.25, -0.2) is 0 Å². The van der Waals surface area contributed by atoms with E-state index in [0.717, 1.165) is 24.2 Å². The Bertz CT molecular complexity index is 476. The SMILES string of the molecule is C[C@]12CCCCC1CC[C@H]1C3=CC=C[C@@]3(CCO)CC[C@@H]12. The van der Waals surface area contributed by atoms with E-state index in [1.54, 1.807) is 5.57 Å². The first-order chi connectivity index (χ1) is 10.2. The highest BCUT2D eigenvalue weighted by Crippen LogP contribution is 2.64. The normalized spacial score (nSPS) is 48.3. The second kappa shape index (κ2) is 4.98. The molecule has 5 atom stereocenters. The molecule has 3 saturated carbocycles. The van der Waals surface area contributed by atoms with E-state index in [-0.39, 0.29) is 5.41 Å². The lowest BCUT2D eigenvalue weighted by Crippen LogP contribution is -2.50. The van der Waals surface area contributed by atoms with Crippen molar-refractivity contribution in [3.05, 3.63) is 23.8 Å². The third-order valence-corrected chi connectivity index (χ3v) is 7.73. The van der Waals surface area contributed by atoms with Crippen molar-refractivity contribution in [2.75, 3.05) is 6.61 Å². The highest BCUT2D eigenvalue weighted by Gasteiger charge is 2.54. The molecule has 0 aliphatic heterocycles. The molecule has 4 aliphatic carbocycles. The summed E-state index contributed by atoms with van der Waals surface area (Å²) < 4.78 is 0. The van der Waals surface area contributed by atoms with Gasteiger partial charge in [0.2, 0.25) is 0 Å². The Hall–Kier alpha value is -0.560. The molecule has 21 heavy (non-hydrogen) atoms. The molecule has 1 nitrogen and oxygen atoms in total. The predicted molar refractivity (Wildman–Crippen MR) is 86.9 cm³/mol. The standard InChI is InChI=1S/C20H30O/c1-19-10-3-2-5-15(19)7-8-16-17(19)9-12-20(13-14-21)11-4-6-18(16)20/h4,6,11,15-17,21H,2-3,5,7-10,12-14H2,1H3/t15?,16-,17+,19+,20+/m1/s1.